The van der Waals surface area contributed by atoms with Crippen LogP contribution in [-0.4, -0.2) is 13.1 Å². The molecule has 0 unspecified atom stereocenters. The van der Waals surface area contributed by atoms with E-state index in [1.165, 1.54) is 16.7 Å². The molecule has 0 spiro atoms. The van der Waals surface area contributed by atoms with E-state index in [1.807, 2.05) is 12.1 Å². The fourth-order valence-electron chi connectivity index (χ4n) is 2.87. The van der Waals surface area contributed by atoms with E-state index in [-0.39, 0.29) is 5.41 Å². The molecule has 1 N–H and O–H groups in total. The molecule has 1 aliphatic rings. The van der Waals surface area contributed by atoms with Crippen LogP contribution in [0.2, 0.25) is 5.02 Å². The maximum Gasteiger partial charge on any atom is 0.0406 e. The average molecular weight is 272 g/mol. The molecule has 1 nitrogen and oxygen atoms in total. The molecule has 1 saturated heterocycles. The molecule has 0 atom stereocenters. The van der Waals surface area contributed by atoms with Gasteiger partial charge in [-0.05, 0) is 36.6 Å². The van der Waals surface area contributed by atoms with Crippen molar-refractivity contribution in [2.45, 2.75) is 18.8 Å². The highest BCUT2D eigenvalue weighted by atomic mass is 35.5. The molecule has 0 aromatic heterocycles. The van der Waals surface area contributed by atoms with Crippen LogP contribution in [0, 0.1) is 6.92 Å². The zero-order valence-electron chi connectivity index (χ0n) is 11.1. The van der Waals surface area contributed by atoms with Gasteiger partial charge < -0.3 is 5.32 Å². The third-order valence-electron chi connectivity index (χ3n) is 4.01. The Hall–Kier alpha value is -1.31. The summed E-state index contributed by atoms with van der Waals surface area (Å²) in [5.41, 5.74) is 4.36. The Bertz CT molecular complexity index is 570. The van der Waals surface area contributed by atoms with Gasteiger partial charge in [0.1, 0.15) is 0 Å². The van der Waals surface area contributed by atoms with Crippen molar-refractivity contribution in [2.75, 3.05) is 13.1 Å². The summed E-state index contributed by atoms with van der Waals surface area (Å²) in [4.78, 5) is 0. The summed E-state index contributed by atoms with van der Waals surface area (Å²) >= 11 is 5.99. The molecule has 2 aromatic rings. The van der Waals surface area contributed by atoms with Crippen molar-refractivity contribution >= 4 is 11.6 Å². The molecule has 19 heavy (non-hydrogen) atoms. The van der Waals surface area contributed by atoms with Crippen molar-refractivity contribution in [1.29, 1.82) is 0 Å². The second kappa shape index (κ2) is 4.99. The fraction of sp³-hybridized carbons (Fsp3) is 0.294. The van der Waals surface area contributed by atoms with Gasteiger partial charge in [0, 0.05) is 23.5 Å². The van der Waals surface area contributed by atoms with Gasteiger partial charge in [-0.15, -0.1) is 0 Å². The number of hydrogen-bond donors (Lipinski definition) is 1. The topological polar surface area (TPSA) is 12.0 Å². The van der Waals surface area contributed by atoms with Crippen molar-refractivity contribution in [2.24, 2.45) is 0 Å². The van der Waals surface area contributed by atoms with E-state index in [4.69, 9.17) is 11.6 Å². The van der Waals surface area contributed by atoms with E-state index in [2.05, 4.69) is 48.6 Å². The van der Waals surface area contributed by atoms with Crippen LogP contribution in [0.25, 0.3) is 0 Å². The van der Waals surface area contributed by atoms with Gasteiger partial charge in [-0.2, -0.15) is 0 Å². The first-order valence-electron chi connectivity index (χ1n) is 6.70. The lowest BCUT2D eigenvalue weighted by Crippen LogP contribution is -2.58. The Labute approximate surface area is 119 Å². The molecule has 0 amide bonds. The normalized spacial score (nSPS) is 16.9. The zero-order chi connectivity index (χ0) is 13.3. The van der Waals surface area contributed by atoms with E-state index in [9.17, 15) is 0 Å². The van der Waals surface area contributed by atoms with Crippen molar-refractivity contribution in [3.05, 3.63) is 70.2 Å². The van der Waals surface area contributed by atoms with Gasteiger partial charge in [-0.3, -0.25) is 0 Å². The monoisotopic (exact) mass is 271 g/mol. The third-order valence-corrected chi connectivity index (χ3v) is 4.26. The quantitative estimate of drug-likeness (QED) is 0.897. The molecule has 0 aliphatic carbocycles. The highest BCUT2D eigenvalue weighted by Gasteiger charge is 2.38. The maximum absolute atomic E-state index is 5.99. The summed E-state index contributed by atoms with van der Waals surface area (Å²) in [5, 5.41) is 4.22. The molecule has 1 fully saturated rings. The van der Waals surface area contributed by atoms with Crippen LogP contribution in [0.5, 0.6) is 0 Å². The van der Waals surface area contributed by atoms with Crippen LogP contribution < -0.4 is 5.32 Å². The lowest BCUT2D eigenvalue weighted by Gasteiger charge is -2.43. The van der Waals surface area contributed by atoms with Crippen molar-refractivity contribution in [3.8, 4) is 0 Å². The second-order valence-electron chi connectivity index (χ2n) is 5.56. The van der Waals surface area contributed by atoms with Gasteiger partial charge in [-0.25, -0.2) is 0 Å². The first-order chi connectivity index (χ1) is 9.18. The fourth-order valence-corrected chi connectivity index (χ4v) is 3.00. The van der Waals surface area contributed by atoms with Crippen LogP contribution in [0.1, 0.15) is 16.7 Å². The lowest BCUT2D eigenvalue weighted by atomic mass is 9.71. The Morgan fingerprint density at radius 1 is 1.11 bits per heavy atom. The van der Waals surface area contributed by atoms with Gasteiger partial charge in [-0.1, -0.05) is 53.6 Å². The molecule has 2 heteroatoms. The maximum atomic E-state index is 5.99. The SMILES string of the molecule is Cc1cccc(CC2(c3ccc(Cl)cc3)CNC2)c1. The van der Waals surface area contributed by atoms with Crippen LogP contribution in [-0.2, 0) is 11.8 Å². The van der Waals surface area contributed by atoms with E-state index in [0.717, 1.165) is 24.5 Å². The standard InChI is InChI=1S/C17H18ClN/c1-13-3-2-4-14(9-13)10-17(11-19-12-17)15-5-7-16(18)8-6-15/h2-9,19H,10-12H2,1H3. The summed E-state index contributed by atoms with van der Waals surface area (Å²) in [7, 11) is 0. The molecule has 0 bridgehead atoms. The minimum atomic E-state index is 0.235. The first kappa shape index (κ1) is 12.7. The number of nitrogens with one attached hydrogen (secondary N) is 1. The highest BCUT2D eigenvalue weighted by Crippen LogP contribution is 2.33. The number of hydrogen-bond acceptors (Lipinski definition) is 1. The summed E-state index contributed by atoms with van der Waals surface area (Å²) in [6.07, 6.45) is 1.09. The Morgan fingerprint density at radius 2 is 1.84 bits per heavy atom. The van der Waals surface area contributed by atoms with Crippen molar-refractivity contribution in [1.82, 2.24) is 5.32 Å². The summed E-state index contributed by atoms with van der Waals surface area (Å²) in [6.45, 7) is 4.24. The van der Waals surface area contributed by atoms with Crippen LogP contribution in [0.4, 0.5) is 0 Å². The average Bonchev–Trinajstić information content (AvgIpc) is 2.35. The van der Waals surface area contributed by atoms with E-state index < -0.39 is 0 Å². The van der Waals surface area contributed by atoms with Crippen molar-refractivity contribution < 1.29 is 0 Å². The van der Waals surface area contributed by atoms with E-state index in [1.54, 1.807) is 0 Å². The van der Waals surface area contributed by atoms with E-state index >= 15 is 0 Å². The van der Waals surface area contributed by atoms with Crippen molar-refractivity contribution in [3.63, 3.8) is 0 Å². The number of halogens is 1. The molecule has 2 aromatic carbocycles. The molecular formula is C17H18ClN. The van der Waals surface area contributed by atoms with Gasteiger partial charge >= 0.3 is 0 Å². The first-order valence-corrected chi connectivity index (χ1v) is 7.08. The molecule has 0 radical (unpaired) electrons. The Balaban J connectivity index is 1.89. The van der Waals surface area contributed by atoms with Crippen LogP contribution in [0.3, 0.4) is 0 Å². The Morgan fingerprint density at radius 3 is 2.42 bits per heavy atom. The second-order valence-corrected chi connectivity index (χ2v) is 5.99. The van der Waals surface area contributed by atoms with E-state index in [0.29, 0.717) is 0 Å². The summed E-state index contributed by atoms with van der Waals surface area (Å²) < 4.78 is 0. The Kier molecular flexibility index (Phi) is 3.34. The number of aryl methyl sites for hydroxylation is 1. The minimum Gasteiger partial charge on any atom is -0.315 e. The van der Waals surface area contributed by atoms with Gasteiger partial charge in [0.2, 0.25) is 0 Å². The van der Waals surface area contributed by atoms with Crippen LogP contribution in [0.15, 0.2) is 48.5 Å². The highest BCUT2D eigenvalue weighted by molar-refractivity contribution is 6.30. The largest absolute Gasteiger partial charge is 0.315 e. The molecular weight excluding hydrogens is 254 g/mol. The van der Waals surface area contributed by atoms with Gasteiger partial charge in [0.05, 0.1) is 0 Å². The van der Waals surface area contributed by atoms with Gasteiger partial charge in [0.25, 0.3) is 0 Å². The minimum absolute atomic E-state index is 0.235. The molecule has 1 aliphatic heterocycles. The molecule has 1 heterocycles. The molecule has 3 rings (SSSR count). The smallest absolute Gasteiger partial charge is 0.0406 e. The predicted octanol–water partition coefficient (Wildman–Crippen LogP) is 3.73. The zero-order valence-corrected chi connectivity index (χ0v) is 11.9. The third kappa shape index (κ3) is 2.54. The van der Waals surface area contributed by atoms with Crippen LogP contribution >= 0.6 is 11.6 Å². The molecule has 98 valence electrons. The number of rotatable bonds is 3. The predicted molar refractivity (Wildman–Crippen MR) is 80.9 cm³/mol. The van der Waals surface area contributed by atoms with Gasteiger partial charge in [0.15, 0.2) is 0 Å². The lowest BCUT2D eigenvalue weighted by molar-refractivity contribution is 0.274. The number of benzene rings is 2. The summed E-state index contributed by atoms with van der Waals surface area (Å²) in [6, 6.07) is 17.1. The molecule has 0 saturated carbocycles. The summed E-state index contributed by atoms with van der Waals surface area (Å²) in [5.74, 6) is 0.